The molecule has 1 aliphatic rings. The van der Waals surface area contributed by atoms with E-state index in [9.17, 15) is 8.78 Å². The van der Waals surface area contributed by atoms with Crippen LogP contribution in [-0.2, 0) is 5.92 Å². The topological polar surface area (TPSA) is 27.8 Å². The first kappa shape index (κ1) is 9.65. The summed E-state index contributed by atoms with van der Waals surface area (Å²) in [6.45, 7) is 1.40. The molecule has 0 aliphatic carbocycles. The summed E-state index contributed by atoms with van der Waals surface area (Å²) in [4.78, 5) is 2.68. The van der Waals surface area contributed by atoms with E-state index >= 15 is 0 Å². The maximum Gasteiger partial charge on any atom is 0.277 e. The summed E-state index contributed by atoms with van der Waals surface area (Å²) in [5, 5.41) is 3.09. The lowest BCUT2D eigenvalue weighted by Gasteiger charge is -2.29. The van der Waals surface area contributed by atoms with Gasteiger partial charge in [0.1, 0.15) is 0 Å². The number of halogens is 2. The van der Waals surface area contributed by atoms with Gasteiger partial charge in [-0.3, -0.25) is 0 Å². The maximum absolute atomic E-state index is 13.8. The van der Waals surface area contributed by atoms with E-state index in [0.29, 0.717) is 25.9 Å². The molecule has 0 atom stereocenters. The molecular formula is C10H14F2N2. The third kappa shape index (κ3) is 1.66. The zero-order valence-electron chi connectivity index (χ0n) is 7.89. The highest BCUT2D eigenvalue weighted by Crippen LogP contribution is 2.40. The van der Waals surface area contributed by atoms with Crippen LogP contribution in [0.15, 0.2) is 18.5 Å². The minimum atomic E-state index is -2.68. The van der Waals surface area contributed by atoms with E-state index in [2.05, 4.69) is 10.3 Å². The Labute approximate surface area is 81.7 Å². The van der Waals surface area contributed by atoms with Crippen molar-refractivity contribution in [3.63, 3.8) is 0 Å². The Morgan fingerprint density at radius 1 is 1.29 bits per heavy atom. The van der Waals surface area contributed by atoms with Crippen molar-refractivity contribution in [1.82, 2.24) is 10.3 Å². The minimum absolute atomic E-state index is 0.115. The van der Waals surface area contributed by atoms with Gasteiger partial charge in [0.2, 0.25) is 0 Å². The van der Waals surface area contributed by atoms with Gasteiger partial charge in [-0.25, -0.2) is 8.78 Å². The molecular weight excluding hydrogens is 186 g/mol. The van der Waals surface area contributed by atoms with Gasteiger partial charge in [0.15, 0.2) is 0 Å². The maximum atomic E-state index is 13.8. The first-order valence-corrected chi connectivity index (χ1v) is 4.93. The number of aromatic amines is 1. The van der Waals surface area contributed by atoms with Crippen LogP contribution in [0.2, 0.25) is 0 Å². The Morgan fingerprint density at radius 3 is 2.57 bits per heavy atom. The summed E-state index contributed by atoms with van der Waals surface area (Å²) in [6.07, 6.45) is 4.04. The fourth-order valence-corrected chi connectivity index (χ4v) is 1.95. The Bertz CT molecular complexity index is 276. The average molecular weight is 200 g/mol. The normalized spacial score (nSPS) is 19.9. The third-order valence-corrected chi connectivity index (χ3v) is 2.83. The van der Waals surface area contributed by atoms with Crippen molar-refractivity contribution in [2.24, 2.45) is 5.92 Å². The molecule has 0 amide bonds. The Kier molecular flexibility index (Phi) is 2.54. The van der Waals surface area contributed by atoms with Gasteiger partial charge in [-0.1, -0.05) is 0 Å². The second-order valence-electron chi connectivity index (χ2n) is 3.75. The molecule has 0 bridgehead atoms. The van der Waals surface area contributed by atoms with E-state index in [1.54, 1.807) is 6.20 Å². The van der Waals surface area contributed by atoms with Crippen molar-refractivity contribution < 1.29 is 8.78 Å². The number of nitrogens with one attached hydrogen (secondary N) is 2. The van der Waals surface area contributed by atoms with Crippen LogP contribution in [0.1, 0.15) is 18.4 Å². The number of hydrogen-bond acceptors (Lipinski definition) is 1. The molecule has 0 unspecified atom stereocenters. The number of H-pyrrole nitrogens is 1. The van der Waals surface area contributed by atoms with Crippen LogP contribution in [0.4, 0.5) is 8.78 Å². The fourth-order valence-electron chi connectivity index (χ4n) is 1.95. The lowest BCUT2D eigenvalue weighted by Crippen LogP contribution is -2.36. The summed E-state index contributed by atoms with van der Waals surface area (Å²) in [5.74, 6) is -3.19. The molecule has 14 heavy (non-hydrogen) atoms. The Balaban J connectivity index is 2.14. The number of hydrogen-bond donors (Lipinski definition) is 2. The molecule has 2 nitrogen and oxygen atoms in total. The lowest BCUT2D eigenvalue weighted by atomic mass is 9.88. The first-order chi connectivity index (χ1) is 6.71. The van der Waals surface area contributed by atoms with Crippen molar-refractivity contribution in [1.29, 1.82) is 0 Å². The molecule has 1 aliphatic heterocycles. The molecule has 0 aromatic carbocycles. The van der Waals surface area contributed by atoms with Crippen LogP contribution in [0, 0.1) is 5.92 Å². The van der Waals surface area contributed by atoms with Gasteiger partial charge in [-0.05, 0) is 32.0 Å². The molecule has 1 aromatic rings. The van der Waals surface area contributed by atoms with E-state index < -0.39 is 11.8 Å². The number of piperidine rings is 1. The van der Waals surface area contributed by atoms with E-state index in [-0.39, 0.29) is 5.56 Å². The number of aromatic nitrogens is 1. The molecule has 0 spiro atoms. The van der Waals surface area contributed by atoms with Crippen molar-refractivity contribution in [3.8, 4) is 0 Å². The third-order valence-electron chi connectivity index (χ3n) is 2.83. The summed E-state index contributed by atoms with van der Waals surface area (Å²) < 4.78 is 27.7. The smallest absolute Gasteiger partial charge is 0.277 e. The second-order valence-corrected chi connectivity index (χ2v) is 3.75. The Morgan fingerprint density at radius 2 is 2.00 bits per heavy atom. The standard InChI is InChI=1S/C10H14F2N2/c11-10(12,9-3-6-14-7-9)8-1-4-13-5-2-8/h3,6-8,13-14H,1-2,4-5H2. The fraction of sp³-hybridized carbons (Fsp3) is 0.600. The van der Waals surface area contributed by atoms with Crippen LogP contribution in [0.3, 0.4) is 0 Å². The van der Waals surface area contributed by atoms with E-state index in [1.807, 2.05) is 0 Å². The summed E-state index contributed by atoms with van der Waals surface area (Å²) in [6, 6.07) is 1.46. The van der Waals surface area contributed by atoms with Crippen LogP contribution in [0.25, 0.3) is 0 Å². The summed E-state index contributed by atoms with van der Waals surface area (Å²) in [7, 11) is 0. The summed E-state index contributed by atoms with van der Waals surface area (Å²) in [5.41, 5.74) is 0.115. The van der Waals surface area contributed by atoms with E-state index in [1.165, 1.54) is 12.3 Å². The zero-order chi connectivity index (χ0) is 10.0. The molecule has 0 saturated carbocycles. The molecule has 78 valence electrons. The summed E-state index contributed by atoms with van der Waals surface area (Å²) >= 11 is 0. The molecule has 4 heteroatoms. The molecule has 1 fully saturated rings. The van der Waals surface area contributed by atoms with Crippen LogP contribution >= 0.6 is 0 Å². The second kappa shape index (κ2) is 3.69. The largest absolute Gasteiger partial charge is 0.367 e. The predicted molar refractivity (Wildman–Crippen MR) is 50.3 cm³/mol. The van der Waals surface area contributed by atoms with Crippen molar-refractivity contribution in [2.45, 2.75) is 18.8 Å². The quantitative estimate of drug-likeness (QED) is 0.751. The first-order valence-electron chi connectivity index (χ1n) is 4.93. The molecule has 2 heterocycles. The monoisotopic (exact) mass is 200 g/mol. The molecule has 2 rings (SSSR count). The molecule has 1 saturated heterocycles. The van der Waals surface area contributed by atoms with Crippen LogP contribution in [-0.4, -0.2) is 18.1 Å². The number of alkyl halides is 2. The van der Waals surface area contributed by atoms with Gasteiger partial charge in [0.25, 0.3) is 5.92 Å². The average Bonchev–Trinajstić information content (AvgIpc) is 2.72. The van der Waals surface area contributed by atoms with Crippen LogP contribution < -0.4 is 5.32 Å². The predicted octanol–water partition coefficient (Wildman–Crippen LogP) is 2.11. The lowest BCUT2D eigenvalue weighted by molar-refractivity contribution is -0.0752. The van der Waals surface area contributed by atoms with Gasteiger partial charge in [0.05, 0.1) is 0 Å². The van der Waals surface area contributed by atoms with E-state index in [0.717, 1.165) is 0 Å². The SMILES string of the molecule is FC(F)(c1cc[nH]c1)C1CCNCC1. The van der Waals surface area contributed by atoms with Crippen molar-refractivity contribution in [3.05, 3.63) is 24.0 Å². The highest BCUT2D eigenvalue weighted by atomic mass is 19.3. The highest BCUT2D eigenvalue weighted by molar-refractivity contribution is 5.16. The van der Waals surface area contributed by atoms with Gasteiger partial charge >= 0.3 is 0 Å². The van der Waals surface area contributed by atoms with Gasteiger partial charge < -0.3 is 10.3 Å². The highest BCUT2D eigenvalue weighted by Gasteiger charge is 2.41. The van der Waals surface area contributed by atoms with Crippen molar-refractivity contribution in [2.75, 3.05) is 13.1 Å². The molecule has 0 radical (unpaired) electrons. The molecule has 2 N–H and O–H groups in total. The number of rotatable bonds is 2. The molecule has 1 aromatic heterocycles. The van der Waals surface area contributed by atoms with Crippen LogP contribution in [0.5, 0.6) is 0 Å². The van der Waals surface area contributed by atoms with Gasteiger partial charge in [-0.15, -0.1) is 0 Å². The Hall–Kier alpha value is -0.900. The zero-order valence-corrected chi connectivity index (χ0v) is 7.89. The minimum Gasteiger partial charge on any atom is -0.367 e. The van der Waals surface area contributed by atoms with Gasteiger partial charge in [-0.2, -0.15) is 0 Å². The van der Waals surface area contributed by atoms with E-state index in [4.69, 9.17) is 0 Å². The van der Waals surface area contributed by atoms with Crippen molar-refractivity contribution >= 4 is 0 Å². The van der Waals surface area contributed by atoms with Gasteiger partial charge in [0, 0.05) is 23.9 Å².